The summed E-state index contributed by atoms with van der Waals surface area (Å²) in [6.07, 6.45) is 4.59. The summed E-state index contributed by atoms with van der Waals surface area (Å²) in [7, 11) is 0. The number of anilines is 1. The lowest BCUT2D eigenvalue weighted by Crippen LogP contribution is -2.44. The third-order valence-corrected chi connectivity index (χ3v) is 6.72. The zero-order valence-corrected chi connectivity index (χ0v) is 18.7. The number of amides is 1. The van der Waals surface area contributed by atoms with Crippen LogP contribution in [0.2, 0.25) is 0 Å². The molecule has 10 heteroatoms. The lowest BCUT2D eigenvalue weighted by Gasteiger charge is -2.39. The fourth-order valence-electron chi connectivity index (χ4n) is 4.68. The average molecular weight is 472 g/mol. The van der Waals surface area contributed by atoms with E-state index in [1.165, 1.54) is 6.21 Å². The highest BCUT2D eigenvalue weighted by Gasteiger charge is 2.66. The molecule has 34 heavy (non-hydrogen) atoms. The van der Waals surface area contributed by atoms with Crippen LogP contribution < -0.4 is 15.8 Å². The second-order valence-electron chi connectivity index (χ2n) is 9.16. The van der Waals surface area contributed by atoms with Crippen LogP contribution in [-0.4, -0.2) is 44.4 Å². The van der Waals surface area contributed by atoms with Gasteiger partial charge < -0.3 is 25.3 Å². The number of benzene rings is 1. The van der Waals surface area contributed by atoms with Gasteiger partial charge in [-0.3, -0.25) is 4.79 Å². The fourth-order valence-corrected chi connectivity index (χ4v) is 4.68. The van der Waals surface area contributed by atoms with Crippen LogP contribution in [0.5, 0.6) is 5.75 Å². The zero-order valence-electron chi connectivity index (χ0n) is 18.7. The summed E-state index contributed by atoms with van der Waals surface area (Å²) in [4.78, 5) is 21.9. The molecule has 1 aromatic rings. The van der Waals surface area contributed by atoms with Crippen molar-refractivity contribution < 1.29 is 27.8 Å². The molecule has 0 bridgehead atoms. The van der Waals surface area contributed by atoms with Gasteiger partial charge in [0.15, 0.2) is 0 Å². The largest absolute Gasteiger partial charge is 0.493 e. The number of nitrogens with one attached hydrogen (secondary N) is 1. The Labute approximate surface area is 195 Å². The Morgan fingerprint density at radius 2 is 2.15 bits per heavy atom. The third kappa shape index (κ3) is 4.01. The number of hydrogen-bond donors (Lipinski definition) is 2. The van der Waals surface area contributed by atoms with Crippen molar-refractivity contribution >= 4 is 23.8 Å². The Morgan fingerprint density at radius 3 is 2.85 bits per heavy atom. The number of carbonyl (C=O) groups excluding carboxylic acids is 1. The van der Waals surface area contributed by atoms with E-state index in [0.717, 1.165) is 18.4 Å². The number of carbonyl (C=O) groups is 1. The number of alkyl halides is 2. The molecule has 4 aliphatic rings. The summed E-state index contributed by atoms with van der Waals surface area (Å²) < 4.78 is 41.6. The molecule has 180 valence electrons. The predicted octanol–water partition coefficient (Wildman–Crippen LogP) is 3.50. The van der Waals surface area contributed by atoms with Gasteiger partial charge in [0.2, 0.25) is 0 Å². The number of allylic oxidation sites excluding steroid dienone is 3. The zero-order chi connectivity index (χ0) is 23.9. The maximum absolute atomic E-state index is 13.0. The van der Waals surface area contributed by atoms with Crippen molar-refractivity contribution in [1.82, 2.24) is 0 Å². The Bertz CT molecular complexity index is 1130. The van der Waals surface area contributed by atoms with Crippen LogP contribution in [0.4, 0.5) is 14.5 Å². The molecule has 1 aliphatic carbocycles. The minimum absolute atomic E-state index is 0.0359. The van der Waals surface area contributed by atoms with Gasteiger partial charge in [0.05, 0.1) is 12.8 Å². The van der Waals surface area contributed by atoms with Crippen molar-refractivity contribution in [3.05, 3.63) is 47.4 Å². The minimum Gasteiger partial charge on any atom is -0.493 e. The van der Waals surface area contributed by atoms with Crippen molar-refractivity contribution in [2.75, 3.05) is 25.1 Å². The first kappa shape index (κ1) is 22.4. The van der Waals surface area contributed by atoms with Gasteiger partial charge >= 0.3 is 0 Å². The summed E-state index contributed by atoms with van der Waals surface area (Å²) >= 11 is 0. The topological polar surface area (TPSA) is 108 Å². The van der Waals surface area contributed by atoms with E-state index in [4.69, 9.17) is 19.9 Å². The summed E-state index contributed by atoms with van der Waals surface area (Å²) in [5, 5.41) is 2.88. The highest BCUT2D eigenvalue weighted by Crippen LogP contribution is 2.65. The molecular weight excluding hydrogens is 446 g/mol. The summed E-state index contributed by atoms with van der Waals surface area (Å²) in [6.45, 7) is 2.07. The second-order valence-corrected chi connectivity index (χ2v) is 9.16. The van der Waals surface area contributed by atoms with E-state index < -0.39 is 24.5 Å². The van der Waals surface area contributed by atoms with Crippen molar-refractivity contribution in [2.45, 2.75) is 38.2 Å². The maximum Gasteiger partial charge on any atom is 0.283 e. The molecule has 1 fully saturated rings. The summed E-state index contributed by atoms with van der Waals surface area (Å²) in [6, 6.07) is 5.58. The van der Waals surface area contributed by atoms with Gasteiger partial charge in [-0.25, -0.2) is 18.8 Å². The first-order valence-electron chi connectivity index (χ1n) is 11.2. The number of hydrogen-bond acceptors (Lipinski definition) is 7. The first-order valence-corrected chi connectivity index (χ1v) is 11.2. The predicted molar refractivity (Wildman–Crippen MR) is 122 cm³/mol. The van der Waals surface area contributed by atoms with Gasteiger partial charge in [-0.15, -0.1) is 0 Å². The molecule has 1 aromatic carbocycles. The van der Waals surface area contributed by atoms with E-state index >= 15 is 0 Å². The van der Waals surface area contributed by atoms with Gasteiger partial charge in [0, 0.05) is 16.7 Å². The average Bonchev–Trinajstić information content (AvgIpc) is 3.48. The fraction of sp³-hybridized carbons (Fsp3) is 0.458. The Kier molecular flexibility index (Phi) is 5.53. The van der Waals surface area contributed by atoms with E-state index in [-0.39, 0.29) is 28.8 Å². The summed E-state index contributed by atoms with van der Waals surface area (Å²) in [5.41, 5.74) is 6.68. The van der Waals surface area contributed by atoms with Crippen LogP contribution in [0.3, 0.4) is 0 Å². The SMILES string of the molecule is CC1C=C(C(=O)Nc2ccc3c(c2)C2(COC(N)=N2)C2(CC2)CO3)N=CC(OCC(F)F)=CC1. The third-order valence-electron chi connectivity index (χ3n) is 6.72. The summed E-state index contributed by atoms with van der Waals surface area (Å²) in [5.74, 6) is 0.451. The number of rotatable bonds is 5. The van der Waals surface area contributed by atoms with Crippen LogP contribution in [0.25, 0.3) is 0 Å². The van der Waals surface area contributed by atoms with Crippen LogP contribution in [0, 0.1) is 11.3 Å². The number of halogens is 2. The molecule has 0 saturated heterocycles. The Morgan fingerprint density at radius 1 is 1.32 bits per heavy atom. The molecule has 3 N–H and O–H groups in total. The Balaban J connectivity index is 1.38. The molecule has 3 aliphatic heterocycles. The van der Waals surface area contributed by atoms with Gasteiger partial charge in [0.1, 0.15) is 36.0 Å². The molecule has 1 amide bonds. The molecule has 5 rings (SSSR count). The smallest absolute Gasteiger partial charge is 0.283 e. The van der Waals surface area contributed by atoms with Crippen molar-refractivity contribution in [2.24, 2.45) is 27.1 Å². The molecule has 1 saturated carbocycles. The lowest BCUT2D eigenvalue weighted by atomic mass is 9.74. The van der Waals surface area contributed by atoms with Crippen LogP contribution in [-0.2, 0) is 19.8 Å². The van der Waals surface area contributed by atoms with E-state index in [1.54, 1.807) is 18.2 Å². The van der Waals surface area contributed by atoms with Gasteiger partial charge in [-0.2, -0.15) is 0 Å². The maximum atomic E-state index is 13.0. The molecule has 0 radical (unpaired) electrons. The highest BCUT2D eigenvalue weighted by atomic mass is 19.3. The van der Waals surface area contributed by atoms with Crippen LogP contribution in [0.1, 0.15) is 31.7 Å². The first-order chi connectivity index (χ1) is 16.3. The van der Waals surface area contributed by atoms with E-state index in [2.05, 4.69) is 15.3 Å². The second kappa shape index (κ2) is 8.41. The molecule has 3 heterocycles. The van der Waals surface area contributed by atoms with Crippen molar-refractivity contribution in [3.8, 4) is 5.75 Å². The molecule has 2 spiro atoms. The van der Waals surface area contributed by atoms with Crippen LogP contribution >= 0.6 is 0 Å². The van der Waals surface area contributed by atoms with Gasteiger partial charge in [0.25, 0.3) is 18.4 Å². The molecule has 0 aromatic heterocycles. The number of aliphatic imine (C=N–C) groups is 2. The minimum atomic E-state index is -2.59. The quantitative estimate of drug-likeness (QED) is 0.682. The molecule has 2 atom stereocenters. The number of fused-ring (bicyclic) bond motifs is 3. The van der Waals surface area contributed by atoms with Crippen molar-refractivity contribution in [3.63, 3.8) is 0 Å². The normalized spacial score (nSPS) is 26.5. The monoisotopic (exact) mass is 472 g/mol. The number of nitrogens with two attached hydrogens (primary N) is 1. The standard InChI is InChI=1S/C24H26F2N4O4/c1-14-2-4-16(32-11-20(25)26)10-28-18(8-14)21(31)29-15-3-5-19-17(9-15)24(13-34-22(27)30-24)23(6-7-23)12-33-19/h3-5,8-10,14,20H,2,6-7,11-13H2,1H3,(H2,27,30)(H,29,31). The van der Waals surface area contributed by atoms with E-state index in [9.17, 15) is 13.6 Å². The molecular formula is C24H26F2N4O4. The van der Waals surface area contributed by atoms with E-state index in [1.807, 2.05) is 19.1 Å². The van der Waals surface area contributed by atoms with Gasteiger partial charge in [-0.1, -0.05) is 6.92 Å². The molecule has 8 nitrogen and oxygen atoms in total. The Hall–Kier alpha value is -3.43. The molecule has 2 unspecified atom stereocenters. The lowest BCUT2D eigenvalue weighted by molar-refractivity contribution is -0.112. The van der Waals surface area contributed by atoms with Crippen molar-refractivity contribution in [1.29, 1.82) is 0 Å². The highest BCUT2D eigenvalue weighted by molar-refractivity contribution is 6.05. The van der Waals surface area contributed by atoms with Gasteiger partial charge in [-0.05, 0) is 55.5 Å². The van der Waals surface area contributed by atoms with E-state index in [0.29, 0.717) is 31.1 Å². The number of ether oxygens (including phenoxy) is 3. The number of amidine groups is 1. The number of nitrogens with zero attached hydrogens (tertiary/aromatic N) is 2. The van der Waals surface area contributed by atoms with Crippen LogP contribution in [0.15, 0.2) is 51.8 Å².